The average Bonchev–Trinajstić information content (AvgIpc) is 3.13. The fraction of sp³-hybridized carbons (Fsp3) is 0.400. The molecule has 120 valence electrons. The molecule has 0 bridgehead atoms. The van der Waals surface area contributed by atoms with E-state index >= 15 is 0 Å². The predicted octanol–water partition coefficient (Wildman–Crippen LogP) is 3.44. The summed E-state index contributed by atoms with van der Waals surface area (Å²) in [7, 11) is 0. The number of rotatable bonds is 3. The highest BCUT2D eigenvalue weighted by atomic mass is 35.5. The summed E-state index contributed by atoms with van der Waals surface area (Å²) < 4.78 is 32.7. The van der Waals surface area contributed by atoms with Gasteiger partial charge in [-0.05, 0) is 31.5 Å². The first kappa shape index (κ1) is 15.8. The lowest BCUT2D eigenvalue weighted by Gasteiger charge is -2.15. The minimum absolute atomic E-state index is 0.00589. The van der Waals surface area contributed by atoms with Gasteiger partial charge in [0.05, 0.1) is 12.7 Å². The van der Waals surface area contributed by atoms with Crippen molar-refractivity contribution in [3.63, 3.8) is 0 Å². The normalized spacial score (nSPS) is 20.9. The van der Waals surface area contributed by atoms with Crippen molar-refractivity contribution in [2.45, 2.75) is 25.9 Å². The lowest BCUT2D eigenvalue weighted by atomic mass is 10.0. The third-order valence-electron chi connectivity index (χ3n) is 3.81. The van der Waals surface area contributed by atoms with E-state index in [4.69, 9.17) is 21.6 Å². The summed E-state index contributed by atoms with van der Waals surface area (Å²) in [5.41, 5.74) is 1.57. The summed E-state index contributed by atoms with van der Waals surface area (Å²) in [4.78, 5) is 4.26. The Bertz CT molecular complexity index is 771. The Morgan fingerprint density at radius 2 is 2.26 bits per heavy atom. The van der Waals surface area contributed by atoms with E-state index in [0.717, 1.165) is 0 Å². The molecule has 0 aromatic carbocycles. The molecule has 2 atom stereocenters. The van der Waals surface area contributed by atoms with Crippen molar-refractivity contribution >= 4 is 11.6 Å². The van der Waals surface area contributed by atoms with Crippen molar-refractivity contribution in [2.75, 3.05) is 6.61 Å². The van der Waals surface area contributed by atoms with E-state index in [1.165, 1.54) is 4.68 Å². The van der Waals surface area contributed by atoms with Gasteiger partial charge in [0, 0.05) is 17.2 Å². The molecular formula is C15H13ClF2N4O. The molecule has 0 saturated carbocycles. The largest absolute Gasteiger partial charge is 0.373 e. The predicted molar refractivity (Wildman–Crippen MR) is 78.6 cm³/mol. The monoisotopic (exact) mass is 338 g/mol. The molecular weight excluding hydrogens is 326 g/mol. The first-order valence-electron chi connectivity index (χ1n) is 7.03. The molecule has 0 radical (unpaired) electrons. The molecule has 2 aromatic heterocycles. The SMILES string of the molecule is Cc1cc(C#N)nn1-c1nc(Cl)ccc1[C@H]1C[C@H](C(F)F)CO1. The Morgan fingerprint density at radius 1 is 1.48 bits per heavy atom. The Morgan fingerprint density at radius 3 is 2.87 bits per heavy atom. The van der Waals surface area contributed by atoms with Crippen LogP contribution >= 0.6 is 11.6 Å². The molecule has 1 aliphatic rings. The van der Waals surface area contributed by atoms with Gasteiger partial charge in [-0.15, -0.1) is 0 Å². The molecule has 3 rings (SSSR count). The smallest absolute Gasteiger partial charge is 0.243 e. The highest BCUT2D eigenvalue weighted by Crippen LogP contribution is 2.37. The molecule has 0 spiro atoms. The summed E-state index contributed by atoms with van der Waals surface area (Å²) in [6.45, 7) is 1.78. The van der Waals surface area contributed by atoms with E-state index in [0.29, 0.717) is 17.1 Å². The summed E-state index contributed by atoms with van der Waals surface area (Å²) in [6, 6.07) is 6.87. The van der Waals surface area contributed by atoms with Crippen molar-refractivity contribution in [1.29, 1.82) is 5.26 Å². The zero-order chi connectivity index (χ0) is 16.6. The van der Waals surface area contributed by atoms with E-state index in [1.807, 2.05) is 6.07 Å². The fourth-order valence-electron chi connectivity index (χ4n) is 2.64. The van der Waals surface area contributed by atoms with Crippen LogP contribution in [0.25, 0.3) is 5.82 Å². The van der Waals surface area contributed by atoms with E-state index in [-0.39, 0.29) is 23.9 Å². The van der Waals surface area contributed by atoms with E-state index < -0.39 is 18.4 Å². The number of aryl methyl sites for hydroxylation is 1. The average molecular weight is 339 g/mol. The molecule has 0 unspecified atom stereocenters. The number of nitrogens with zero attached hydrogens (tertiary/aromatic N) is 4. The van der Waals surface area contributed by atoms with Gasteiger partial charge >= 0.3 is 0 Å². The summed E-state index contributed by atoms with van der Waals surface area (Å²) >= 11 is 5.97. The van der Waals surface area contributed by atoms with Crippen LogP contribution in [0, 0.1) is 24.2 Å². The number of hydrogen-bond acceptors (Lipinski definition) is 4. The zero-order valence-corrected chi connectivity index (χ0v) is 13.0. The summed E-state index contributed by atoms with van der Waals surface area (Å²) in [5, 5.41) is 13.4. The second-order valence-electron chi connectivity index (χ2n) is 5.39. The lowest BCUT2D eigenvalue weighted by Crippen LogP contribution is -2.11. The number of nitriles is 1. The number of pyridine rings is 1. The van der Waals surface area contributed by atoms with Crippen LogP contribution in [0.5, 0.6) is 0 Å². The van der Waals surface area contributed by atoms with Gasteiger partial charge in [0.1, 0.15) is 11.2 Å². The lowest BCUT2D eigenvalue weighted by molar-refractivity contribution is 0.0579. The van der Waals surface area contributed by atoms with Gasteiger partial charge in [0.2, 0.25) is 6.43 Å². The maximum Gasteiger partial charge on any atom is 0.243 e. The van der Waals surface area contributed by atoms with Crippen LogP contribution in [0.15, 0.2) is 18.2 Å². The van der Waals surface area contributed by atoms with Crippen molar-refractivity contribution in [2.24, 2.45) is 5.92 Å². The number of ether oxygens (including phenoxy) is 1. The van der Waals surface area contributed by atoms with E-state index in [9.17, 15) is 8.78 Å². The van der Waals surface area contributed by atoms with Crippen molar-refractivity contribution < 1.29 is 13.5 Å². The molecule has 0 N–H and O–H groups in total. The maximum atomic E-state index is 12.9. The Hall–Kier alpha value is -2.04. The summed E-state index contributed by atoms with van der Waals surface area (Å²) in [5.74, 6) is -0.395. The Kier molecular flexibility index (Phi) is 4.28. The van der Waals surface area contributed by atoms with Crippen molar-refractivity contribution in [3.05, 3.63) is 40.3 Å². The molecule has 1 aliphatic heterocycles. The third-order valence-corrected chi connectivity index (χ3v) is 4.02. The third kappa shape index (κ3) is 3.05. The molecule has 1 saturated heterocycles. The molecule has 5 nitrogen and oxygen atoms in total. The van der Waals surface area contributed by atoms with E-state index in [1.54, 1.807) is 25.1 Å². The number of alkyl halides is 2. The molecule has 1 fully saturated rings. The van der Waals surface area contributed by atoms with Gasteiger partial charge in [-0.25, -0.2) is 18.4 Å². The van der Waals surface area contributed by atoms with Gasteiger partial charge < -0.3 is 4.74 Å². The highest BCUT2D eigenvalue weighted by Gasteiger charge is 2.34. The second-order valence-corrected chi connectivity index (χ2v) is 5.78. The fourth-order valence-corrected chi connectivity index (χ4v) is 2.79. The molecule has 8 heteroatoms. The van der Waals surface area contributed by atoms with Crippen LogP contribution in [0.3, 0.4) is 0 Å². The molecule has 23 heavy (non-hydrogen) atoms. The minimum atomic E-state index is -2.42. The second kappa shape index (κ2) is 6.22. The first-order valence-corrected chi connectivity index (χ1v) is 7.40. The molecule has 0 aliphatic carbocycles. The minimum Gasteiger partial charge on any atom is -0.373 e. The van der Waals surface area contributed by atoms with Crippen molar-refractivity contribution in [1.82, 2.24) is 14.8 Å². The van der Waals surface area contributed by atoms with Crippen LogP contribution in [-0.2, 0) is 4.74 Å². The number of aromatic nitrogens is 3. The quantitative estimate of drug-likeness (QED) is 0.804. The molecule has 0 amide bonds. The van der Waals surface area contributed by atoms with Crippen molar-refractivity contribution in [3.8, 4) is 11.9 Å². The van der Waals surface area contributed by atoms with Crippen LogP contribution in [0.4, 0.5) is 8.78 Å². The highest BCUT2D eigenvalue weighted by molar-refractivity contribution is 6.29. The van der Waals surface area contributed by atoms with Crippen LogP contribution < -0.4 is 0 Å². The number of halogens is 3. The topological polar surface area (TPSA) is 63.7 Å². The van der Waals surface area contributed by atoms with E-state index in [2.05, 4.69) is 10.1 Å². The molecule has 2 aromatic rings. The van der Waals surface area contributed by atoms with Gasteiger partial charge in [-0.1, -0.05) is 11.6 Å². The van der Waals surface area contributed by atoms with Gasteiger partial charge in [-0.3, -0.25) is 0 Å². The summed E-state index contributed by atoms with van der Waals surface area (Å²) in [6.07, 6.45) is -2.71. The maximum absolute atomic E-state index is 12.9. The first-order chi connectivity index (χ1) is 11.0. The Labute approximate surface area is 136 Å². The molecule has 3 heterocycles. The van der Waals surface area contributed by atoms with Gasteiger partial charge in [0.15, 0.2) is 11.5 Å². The van der Waals surface area contributed by atoms with Gasteiger partial charge in [-0.2, -0.15) is 10.4 Å². The number of hydrogen-bond donors (Lipinski definition) is 0. The van der Waals surface area contributed by atoms with Crippen LogP contribution in [-0.4, -0.2) is 27.8 Å². The van der Waals surface area contributed by atoms with Crippen LogP contribution in [0.2, 0.25) is 5.15 Å². The standard InChI is InChI=1S/C15H13ClF2N4O/c1-8-4-10(6-19)21-22(8)15-11(2-3-13(16)20-15)12-5-9(7-23-12)14(17)18/h2-4,9,12,14H,5,7H2,1H3/t9-,12+/m0/s1. The van der Waals surface area contributed by atoms with Crippen LogP contribution in [0.1, 0.15) is 29.5 Å². The van der Waals surface area contributed by atoms with Gasteiger partial charge in [0.25, 0.3) is 0 Å². The Balaban J connectivity index is 2.02. The zero-order valence-electron chi connectivity index (χ0n) is 12.2.